The van der Waals surface area contributed by atoms with Gasteiger partial charge in [0.05, 0.1) is 29.2 Å². The van der Waals surface area contributed by atoms with E-state index in [2.05, 4.69) is 26.0 Å². The SMILES string of the molecule is COc1cc(C=Nn2c(-c3cc4cc(Br)ccc4o3)nc3ccccc3c2=O)cc([N+](=O)[O-])c1OCc1ccccc1Cl. The Kier molecular flexibility index (Phi) is 7.66. The van der Waals surface area contributed by atoms with Gasteiger partial charge in [0.1, 0.15) is 12.2 Å². The van der Waals surface area contributed by atoms with Crippen molar-refractivity contribution in [2.75, 3.05) is 7.11 Å². The van der Waals surface area contributed by atoms with E-state index < -0.39 is 10.5 Å². The minimum absolute atomic E-state index is 0.0140. The zero-order valence-electron chi connectivity index (χ0n) is 22.4. The number of benzene rings is 4. The van der Waals surface area contributed by atoms with Gasteiger partial charge < -0.3 is 13.9 Å². The molecule has 0 atom stereocenters. The van der Waals surface area contributed by atoms with Crippen LogP contribution >= 0.6 is 27.5 Å². The second-order valence-electron chi connectivity index (χ2n) is 9.32. The molecule has 0 saturated heterocycles. The lowest BCUT2D eigenvalue weighted by Crippen LogP contribution is -2.20. The van der Waals surface area contributed by atoms with Crippen molar-refractivity contribution in [3.63, 3.8) is 0 Å². The molecule has 12 heteroatoms. The topological polar surface area (TPSA) is 122 Å². The summed E-state index contributed by atoms with van der Waals surface area (Å²) in [7, 11) is 1.37. The fourth-order valence-corrected chi connectivity index (χ4v) is 5.09. The second-order valence-corrected chi connectivity index (χ2v) is 10.6. The van der Waals surface area contributed by atoms with Crippen molar-refractivity contribution >= 4 is 61.3 Å². The van der Waals surface area contributed by atoms with Crippen LogP contribution in [-0.4, -0.2) is 27.9 Å². The van der Waals surface area contributed by atoms with Gasteiger partial charge in [-0.25, -0.2) is 4.98 Å². The number of halogens is 2. The summed E-state index contributed by atoms with van der Waals surface area (Å²) < 4.78 is 19.3. The fraction of sp³-hybridized carbons (Fsp3) is 0.0645. The highest BCUT2D eigenvalue weighted by atomic mass is 79.9. The van der Waals surface area contributed by atoms with Crippen molar-refractivity contribution < 1.29 is 18.8 Å². The van der Waals surface area contributed by atoms with Crippen LogP contribution in [0.25, 0.3) is 33.5 Å². The minimum atomic E-state index is -0.580. The predicted octanol–water partition coefficient (Wildman–Crippen LogP) is 7.60. The van der Waals surface area contributed by atoms with Gasteiger partial charge in [-0.1, -0.05) is 57.9 Å². The summed E-state index contributed by atoms with van der Waals surface area (Å²) in [6.07, 6.45) is 1.31. The fourth-order valence-electron chi connectivity index (χ4n) is 4.52. The number of aromatic nitrogens is 2. The van der Waals surface area contributed by atoms with Gasteiger partial charge in [0.25, 0.3) is 5.56 Å². The summed E-state index contributed by atoms with van der Waals surface area (Å²) >= 11 is 9.68. The molecule has 0 bridgehead atoms. The molecule has 6 aromatic rings. The standard InChI is InChI=1S/C31H20BrClN4O6/c1-41-27-13-18(12-25(37(39)40)29(27)42-17-19-6-2-4-8-23(19)33)16-34-36-30(35-24-9-5-3-7-22(24)31(36)38)28-15-20-14-21(32)10-11-26(20)43-28/h2-16H,17H2,1H3. The van der Waals surface area contributed by atoms with E-state index in [1.165, 1.54) is 25.5 Å². The van der Waals surface area contributed by atoms with Crippen LogP contribution in [0.15, 0.2) is 104 Å². The molecule has 0 fully saturated rings. The van der Waals surface area contributed by atoms with Crippen LogP contribution in [0.4, 0.5) is 5.69 Å². The third kappa shape index (κ3) is 5.60. The highest BCUT2D eigenvalue weighted by Gasteiger charge is 2.23. The summed E-state index contributed by atoms with van der Waals surface area (Å²) in [6.45, 7) is -0.0140. The van der Waals surface area contributed by atoms with Crippen LogP contribution in [0.3, 0.4) is 0 Å². The Morgan fingerprint density at radius 3 is 2.67 bits per heavy atom. The van der Waals surface area contributed by atoms with Gasteiger partial charge >= 0.3 is 5.69 Å². The number of fused-ring (bicyclic) bond motifs is 2. The van der Waals surface area contributed by atoms with E-state index in [9.17, 15) is 14.9 Å². The average Bonchev–Trinajstić information content (AvgIpc) is 3.43. The molecule has 0 amide bonds. The maximum Gasteiger partial charge on any atom is 0.315 e. The van der Waals surface area contributed by atoms with Crippen LogP contribution in [0.2, 0.25) is 5.02 Å². The maximum absolute atomic E-state index is 13.6. The maximum atomic E-state index is 13.6. The van der Waals surface area contributed by atoms with Gasteiger partial charge in [0.2, 0.25) is 11.6 Å². The molecule has 4 aromatic carbocycles. The molecule has 0 spiro atoms. The molecule has 0 aliphatic carbocycles. The zero-order chi connectivity index (χ0) is 30.1. The van der Waals surface area contributed by atoms with Gasteiger partial charge in [-0.2, -0.15) is 9.78 Å². The van der Waals surface area contributed by atoms with E-state index >= 15 is 0 Å². The molecule has 43 heavy (non-hydrogen) atoms. The highest BCUT2D eigenvalue weighted by Crippen LogP contribution is 2.39. The predicted molar refractivity (Wildman–Crippen MR) is 167 cm³/mol. The number of ether oxygens (including phenoxy) is 2. The molecule has 2 heterocycles. The molecule has 2 aromatic heterocycles. The van der Waals surface area contributed by atoms with Crippen molar-refractivity contribution in [2.45, 2.75) is 6.61 Å². The van der Waals surface area contributed by atoms with Crippen molar-refractivity contribution in [3.05, 3.63) is 126 Å². The van der Waals surface area contributed by atoms with Crippen molar-refractivity contribution in [2.24, 2.45) is 5.10 Å². The zero-order valence-corrected chi connectivity index (χ0v) is 24.7. The Hall–Kier alpha value is -5.00. The minimum Gasteiger partial charge on any atom is -0.493 e. The molecule has 0 N–H and O–H groups in total. The molecule has 0 saturated carbocycles. The number of nitro benzene ring substituents is 1. The van der Waals surface area contributed by atoms with E-state index in [1.54, 1.807) is 60.7 Å². The van der Waals surface area contributed by atoms with E-state index in [4.69, 9.17) is 25.5 Å². The lowest BCUT2D eigenvalue weighted by Gasteiger charge is -2.13. The number of rotatable bonds is 8. The van der Waals surface area contributed by atoms with Gasteiger partial charge in [0, 0.05) is 32.1 Å². The molecule has 0 unspecified atom stereocenters. The molecule has 6 rings (SSSR count). The lowest BCUT2D eigenvalue weighted by atomic mass is 10.1. The normalized spacial score (nSPS) is 11.4. The van der Waals surface area contributed by atoms with Crippen LogP contribution in [0.5, 0.6) is 11.5 Å². The second kappa shape index (κ2) is 11.7. The number of para-hydroxylation sites is 1. The number of nitro groups is 1. The number of furan rings is 1. The van der Waals surface area contributed by atoms with Crippen molar-refractivity contribution in [3.8, 4) is 23.1 Å². The number of hydrogen-bond acceptors (Lipinski definition) is 8. The quantitative estimate of drug-likeness (QED) is 0.0937. The smallest absolute Gasteiger partial charge is 0.315 e. The van der Waals surface area contributed by atoms with Crippen molar-refractivity contribution in [1.82, 2.24) is 9.66 Å². The summed E-state index contributed by atoms with van der Waals surface area (Å²) in [5.74, 6) is 0.520. The molecule has 0 aliphatic rings. The summed E-state index contributed by atoms with van der Waals surface area (Å²) in [4.78, 5) is 29.8. The summed E-state index contributed by atoms with van der Waals surface area (Å²) in [5.41, 5.74) is 1.21. The van der Waals surface area contributed by atoms with Crippen LogP contribution in [0.1, 0.15) is 11.1 Å². The van der Waals surface area contributed by atoms with Gasteiger partial charge in [-0.05, 0) is 48.5 Å². The number of hydrogen-bond donors (Lipinski definition) is 0. The Morgan fingerprint density at radius 1 is 1.09 bits per heavy atom. The van der Waals surface area contributed by atoms with Crippen molar-refractivity contribution in [1.29, 1.82) is 0 Å². The third-order valence-electron chi connectivity index (χ3n) is 6.58. The molecule has 214 valence electrons. The van der Waals surface area contributed by atoms with Gasteiger partial charge in [0.15, 0.2) is 11.5 Å². The molecular formula is C31H20BrClN4O6. The molecular weight excluding hydrogens is 640 g/mol. The van der Waals surface area contributed by atoms with E-state index in [1.807, 2.05) is 12.1 Å². The van der Waals surface area contributed by atoms with Crippen LogP contribution in [-0.2, 0) is 6.61 Å². The van der Waals surface area contributed by atoms with Gasteiger partial charge in [-0.3, -0.25) is 14.9 Å². The largest absolute Gasteiger partial charge is 0.493 e. The number of methoxy groups -OCH3 is 1. The summed E-state index contributed by atoms with van der Waals surface area (Å²) in [5, 5.41) is 18.1. The Balaban J connectivity index is 1.44. The molecule has 0 aliphatic heterocycles. The van der Waals surface area contributed by atoms with Crippen LogP contribution in [0, 0.1) is 10.1 Å². The Labute approximate surface area is 257 Å². The van der Waals surface area contributed by atoms with Gasteiger partial charge in [-0.15, -0.1) is 0 Å². The third-order valence-corrected chi connectivity index (χ3v) is 7.44. The first-order chi connectivity index (χ1) is 20.8. The first-order valence-electron chi connectivity index (χ1n) is 12.8. The lowest BCUT2D eigenvalue weighted by molar-refractivity contribution is -0.386. The molecule has 10 nitrogen and oxygen atoms in total. The monoisotopic (exact) mass is 658 g/mol. The van der Waals surface area contributed by atoms with Crippen LogP contribution < -0.4 is 15.0 Å². The highest BCUT2D eigenvalue weighted by molar-refractivity contribution is 9.10. The first kappa shape index (κ1) is 28.1. The Morgan fingerprint density at radius 2 is 1.88 bits per heavy atom. The molecule has 0 radical (unpaired) electrons. The number of nitrogens with zero attached hydrogens (tertiary/aromatic N) is 4. The van der Waals surface area contributed by atoms with E-state index in [-0.39, 0.29) is 35.2 Å². The average molecular weight is 660 g/mol. The summed E-state index contributed by atoms with van der Waals surface area (Å²) in [6, 6.07) is 24.0. The first-order valence-corrected chi connectivity index (χ1v) is 14.0. The van der Waals surface area contributed by atoms with E-state index in [0.717, 1.165) is 14.5 Å². The Bertz CT molecular complexity index is 2120. The van der Waals surface area contributed by atoms with E-state index in [0.29, 0.717) is 32.8 Å².